The van der Waals surface area contributed by atoms with E-state index in [-0.39, 0.29) is 6.61 Å². The number of anilines is 1. The third-order valence-electron chi connectivity index (χ3n) is 3.93. The number of aliphatic hydroxyl groups excluding tert-OH is 1. The largest absolute Gasteiger partial charge is 0.395 e. The second-order valence-electron chi connectivity index (χ2n) is 5.68. The molecule has 24 heavy (non-hydrogen) atoms. The van der Waals surface area contributed by atoms with Gasteiger partial charge in [0.05, 0.1) is 12.3 Å². The van der Waals surface area contributed by atoms with Crippen LogP contribution in [-0.2, 0) is 7.05 Å². The van der Waals surface area contributed by atoms with Gasteiger partial charge in [0.2, 0.25) is 0 Å². The minimum atomic E-state index is 0.0658. The molecule has 0 bridgehead atoms. The van der Waals surface area contributed by atoms with Crippen molar-refractivity contribution in [2.24, 2.45) is 7.05 Å². The summed E-state index contributed by atoms with van der Waals surface area (Å²) in [7, 11) is 1.93. The van der Waals surface area contributed by atoms with Crippen molar-refractivity contribution in [1.82, 2.24) is 19.7 Å². The van der Waals surface area contributed by atoms with Gasteiger partial charge in [-0.2, -0.15) is 5.10 Å². The van der Waals surface area contributed by atoms with Crippen LogP contribution in [0, 0.1) is 13.8 Å². The number of rotatable bonds is 5. The Hall–Kier alpha value is -2.73. The molecule has 3 aromatic heterocycles. The fourth-order valence-electron chi connectivity index (χ4n) is 2.67. The number of nitrogens with one attached hydrogen (secondary N) is 1. The molecule has 0 aromatic carbocycles. The van der Waals surface area contributed by atoms with Crippen LogP contribution in [-0.4, -0.2) is 38.0 Å². The van der Waals surface area contributed by atoms with Crippen LogP contribution >= 0.6 is 0 Å². The number of hydrogen-bond donors (Lipinski definition) is 2. The lowest BCUT2D eigenvalue weighted by Crippen LogP contribution is -2.06. The topological polar surface area (TPSA) is 75.9 Å². The van der Waals surface area contributed by atoms with E-state index in [1.54, 1.807) is 6.20 Å². The van der Waals surface area contributed by atoms with Crippen LogP contribution in [0.25, 0.3) is 22.5 Å². The average Bonchev–Trinajstić information content (AvgIpc) is 2.88. The summed E-state index contributed by atoms with van der Waals surface area (Å²) in [6, 6.07) is 9.88. The molecule has 3 rings (SSSR count). The Labute approximate surface area is 141 Å². The molecular weight excluding hydrogens is 302 g/mol. The third kappa shape index (κ3) is 3.14. The highest BCUT2D eigenvalue weighted by Crippen LogP contribution is 2.33. The SMILES string of the molecule is Cc1cccc(-c2nn(C)c(C)c2-c2ccnc(NCCO)c2)n1. The van der Waals surface area contributed by atoms with E-state index in [2.05, 4.69) is 20.4 Å². The average molecular weight is 323 g/mol. The predicted octanol–water partition coefficient (Wildman–Crippen LogP) is 2.57. The van der Waals surface area contributed by atoms with Crippen molar-refractivity contribution in [1.29, 1.82) is 0 Å². The van der Waals surface area contributed by atoms with Gasteiger partial charge in [0.1, 0.15) is 11.5 Å². The van der Waals surface area contributed by atoms with E-state index in [9.17, 15) is 0 Å². The van der Waals surface area contributed by atoms with Crippen molar-refractivity contribution in [3.63, 3.8) is 0 Å². The Bertz CT molecular complexity index is 856. The Morgan fingerprint density at radius 2 is 2.04 bits per heavy atom. The summed E-state index contributed by atoms with van der Waals surface area (Å²) in [6.45, 7) is 4.55. The maximum atomic E-state index is 8.97. The van der Waals surface area contributed by atoms with Gasteiger partial charge in [0.25, 0.3) is 0 Å². The first-order valence-electron chi connectivity index (χ1n) is 7.89. The van der Waals surface area contributed by atoms with Gasteiger partial charge >= 0.3 is 0 Å². The summed E-state index contributed by atoms with van der Waals surface area (Å²) in [5, 5.41) is 16.7. The molecule has 0 saturated heterocycles. The molecule has 6 heteroatoms. The van der Waals surface area contributed by atoms with Crippen LogP contribution in [0.3, 0.4) is 0 Å². The number of aryl methyl sites for hydroxylation is 2. The summed E-state index contributed by atoms with van der Waals surface area (Å²) in [5.41, 5.74) is 5.81. The first-order chi connectivity index (χ1) is 11.6. The van der Waals surface area contributed by atoms with Crippen molar-refractivity contribution in [3.05, 3.63) is 47.9 Å². The monoisotopic (exact) mass is 323 g/mol. The third-order valence-corrected chi connectivity index (χ3v) is 3.93. The lowest BCUT2D eigenvalue weighted by Gasteiger charge is -2.08. The molecule has 3 aromatic rings. The van der Waals surface area contributed by atoms with E-state index in [0.717, 1.165) is 39.7 Å². The van der Waals surface area contributed by atoms with Crippen LogP contribution in [0.2, 0.25) is 0 Å². The van der Waals surface area contributed by atoms with E-state index in [1.807, 2.05) is 55.9 Å². The molecule has 0 spiro atoms. The summed E-state index contributed by atoms with van der Waals surface area (Å²) < 4.78 is 1.87. The Kier molecular flexibility index (Phi) is 4.57. The van der Waals surface area contributed by atoms with E-state index < -0.39 is 0 Å². The number of hydrogen-bond acceptors (Lipinski definition) is 5. The summed E-state index contributed by atoms with van der Waals surface area (Å²) in [6.07, 6.45) is 1.76. The Balaban J connectivity index is 2.11. The molecule has 0 aliphatic heterocycles. The molecule has 6 nitrogen and oxygen atoms in total. The molecule has 124 valence electrons. The van der Waals surface area contributed by atoms with Crippen LogP contribution in [0.1, 0.15) is 11.4 Å². The highest BCUT2D eigenvalue weighted by atomic mass is 16.3. The van der Waals surface area contributed by atoms with Crippen LogP contribution < -0.4 is 5.32 Å². The van der Waals surface area contributed by atoms with Gasteiger partial charge in [0.15, 0.2) is 0 Å². The predicted molar refractivity (Wildman–Crippen MR) is 94.7 cm³/mol. The Morgan fingerprint density at radius 3 is 2.79 bits per heavy atom. The fourth-order valence-corrected chi connectivity index (χ4v) is 2.67. The van der Waals surface area contributed by atoms with Gasteiger partial charge in [-0.05, 0) is 43.7 Å². The van der Waals surface area contributed by atoms with E-state index in [0.29, 0.717) is 6.54 Å². The van der Waals surface area contributed by atoms with Crippen LogP contribution in [0.5, 0.6) is 0 Å². The van der Waals surface area contributed by atoms with Gasteiger partial charge in [0, 0.05) is 36.7 Å². The number of pyridine rings is 2. The maximum Gasteiger partial charge on any atom is 0.126 e. The number of aromatic nitrogens is 4. The molecular formula is C18H21N5O. The molecule has 0 radical (unpaired) electrons. The van der Waals surface area contributed by atoms with Crippen molar-refractivity contribution in [2.75, 3.05) is 18.5 Å². The van der Waals surface area contributed by atoms with E-state index >= 15 is 0 Å². The zero-order valence-electron chi connectivity index (χ0n) is 14.1. The van der Waals surface area contributed by atoms with Gasteiger partial charge in [-0.15, -0.1) is 0 Å². The molecule has 0 amide bonds. The second-order valence-corrected chi connectivity index (χ2v) is 5.68. The molecule has 0 aliphatic rings. The van der Waals surface area contributed by atoms with E-state index in [1.165, 1.54) is 0 Å². The minimum Gasteiger partial charge on any atom is -0.395 e. The maximum absolute atomic E-state index is 8.97. The van der Waals surface area contributed by atoms with Crippen LogP contribution in [0.4, 0.5) is 5.82 Å². The van der Waals surface area contributed by atoms with Gasteiger partial charge in [-0.1, -0.05) is 6.07 Å². The fraction of sp³-hybridized carbons (Fsp3) is 0.278. The van der Waals surface area contributed by atoms with Crippen molar-refractivity contribution in [3.8, 4) is 22.5 Å². The lowest BCUT2D eigenvalue weighted by molar-refractivity contribution is 0.311. The van der Waals surface area contributed by atoms with Crippen molar-refractivity contribution < 1.29 is 5.11 Å². The molecule has 0 saturated carbocycles. The molecule has 0 atom stereocenters. The smallest absolute Gasteiger partial charge is 0.126 e. The lowest BCUT2D eigenvalue weighted by atomic mass is 10.0. The molecule has 3 heterocycles. The first-order valence-corrected chi connectivity index (χ1v) is 7.89. The van der Waals surface area contributed by atoms with Crippen molar-refractivity contribution >= 4 is 5.82 Å². The summed E-state index contributed by atoms with van der Waals surface area (Å²) in [5.74, 6) is 0.730. The molecule has 0 unspecified atom stereocenters. The Morgan fingerprint density at radius 1 is 1.21 bits per heavy atom. The van der Waals surface area contributed by atoms with Gasteiger partial charge in [-0.3, -0.25) is 9.67 Å². The molecule has 0 fully saturated rings. The molecule has 0 aliphatic carbocycles. The first kappa shape index (κ1) is 16.1. The summed E-state index contributed by atoms with van der Waals surface area (Å²) in [4.78, 5) is 8.91. The standard InChI is InChI=1S/C18H21N5O/c1-12-5-4-6-15(21-12)18-17(13(2)23(3)22-18)14-7-8-19-16(11-14)20-9-10-24/h4-8,11,24H,9-10H2,1-3H3,(H,19,20). The van der Waals surface area contributed by atoms with Crippen molar-refractivity contribution in [2.45, 2.75) is 13.8 Å². The highest BCUT2D eigenvalue weighted by Gasteiger charge is 2.18. The minimum absolute atomic E-state index is 0.0658. The number of aliphatic hydroxyl groups is 1. The zero-order chi connectivity index (χ0) is 17.1. The molecule has 2 N–H and O–H groups in total. The summed E-state index contributed by atoms with van der Waals surface area (Å²) >= 11 is 0. The van der Waals surface area contributed by atoms with Crippen LogP contribution in [0.15, 0.2) is 36.5 Å². The second kappa shape index (κ2) is 6.80. The van der Waals surface area contributed by atoms with Gasteiger partial charge in [-0.25, -0.2) is 4.98 Å². The normalized spacial score (nSPS) is 10.8. The number of nitrogens with zero attached hydrogens (tertiary/aromatic N) is 4. The zero-order valence-corrected chi connectivity index (χ0v) is 14.1. The highest BCUT2D eigenvalue weighted by molar-refractivity contribution is 5.82. The van der Waals surface area contributed by atoms with Gasteiger partial charge < -0.3 is 10.4 Å². The quantitative estimate of drug-likeness (QED) is 0.755. The van der Waals surface area contributed by atoms with E-state index in [4.69, 9.17) is 5.11 Å².